The van der Waals surface area contributed by atoms with Crippen LogP contribution in [-0.2, 0) is 11.8 Å². The molecule has 2 atom stereocenters. The third kappa shape index (κ3) is 2.86. The highest BCUT2D eigenvalue weighted by atomic mass is 16.3. The van der Waals surface area contributed by atoms with Crippen molar-refractivity contribution in [3.63, 3.8) is 0 Å². The molecule has 1 aliphatic heterocycles. The minimum absolute atomic E-state index is 0.0162. The Bertz CT molecular complexity index is 612. The van der Waals surface area contributed by atoms with Gasteiger partial charge in [0, 0.05) is 44.8 Å². The van der Waals surface area contributed by atoms with E-state index in [1.54, 1.807) is 9.58 Å². The molecule has 6 heteroatoms. The Morgan fingerprint density at radius 2 is 2.17 bits per heavy atom. The summed E-state index contributed by atoms with van der Waals surface area (Å²) in [6, 6.07) is 2.32. The fourth-order valence-corrected chi connectivity index (χ4v) is 4.06. The Balaban J connectivity index is 1.79. The van der Waals surface area contributed by atoms with Gasteiger partial charge in [-0.3, -0.25) is 9.48 Å². The first-order valence-electron chi connectivity index (χ1n) is 8.39. The molecule has 23 heavy (non-hydrogen) atoms. The first kappa shape index (κ1) is 16.0. The van der Waals surface area contributed by atoms with Crippen LogP contribution in [-0.4, -0.2) is 45.4 Å². The Hall–Kier alpha value is -1.87. The van der Waals surface area contributed by atoms with E-state index in [2.05, 4.69) is 11.2 Å². The number of aromatic nitrogens is 2. The number of aliphatic hydroxyl groups is 1. The first-order chi connectivity index (χ1) is 11.1. The quantitative estimate of drug-likeness (QED) is 0.914. The van der Waals surface area contributed by atoms with E-state index in [1.807, 2.05) is 19.4 Å². The maximum Gasteiger partial charge on any atom is 0.243 e. The molecule has 1 N–H and O–H groups in total. The van der Waals surface area contributed by atoms with Crippen molar-refractivity contribution in [2.24, 2.45) is 18.4 Å². The van der Waals surface area contributed by atoms with Crippen molar-refractivity contribution in [1.29, 1.82) is 5.26 Å². The molecule has 0 aromatic carbocycles. The highest BCUT2D eigenvalue weighted by Crippen LogP contribution is 2.40. The van der Waals surface area contributed by atoms with Crippen LogP contribution < -0.4 is 0 Å². The number of amides is 1. The van der Waals surface area contributed by atoms with Crippen molar-refractivity contribution in [1.82, 2.24) is 14.7 Å². The van der Waals surface area contributed by atoms with E-state index in [4.69, 9.17) is 0 Å². The Kier molecular flexibility index (Phi) is 4.40. The zero-order valence-corrected chi connectivity index (χ0v) is 13.6. The van der Waals surface area contributed by atoms with Gasteiger partial charge in [-0.2, -0.15) is 10.4 Å². The molecule has 0 radical (unpaired) electrons. The van der Waals surface area contributed by atoms with Gasteiger partial charge in [0.25, 0.3) is 0 Å². The van der Waals surface area contributed by atoms with Gasteiger partial charge >= 0.3 is 0 Å². The number of carbonyl (C=O) groups excluding carboxylic acids is 1. The first-order valence-corrected chi connectivity index (χ1v) is 8.39. The maximum absolute atomic E-state index is 13.0. The molecule has 2 aliphatic rings. The van der Waals surface area contributed by atoms with E-state index in [0.29, 0.717) is 25.9 Å². The number of rotatable bonds is 3. The van der Waals surface area contributed by atoms with Gasteiger partial charge in [0.1, 0.15) is 5.41 Å². The van der Waals surface area contributed by atoms with Crippen molar-refractivity contribution in [2.45, 2.75) is 38.0 Å². The lowest BCUT2D eigenvalue weighted by molar-refractivity contribution is -0.139. The molecule has 0 unspecified atom stereocenters. The Morgan fingerprint density at radius 1 is 1.43 bits per heavy atom. The van der Waals surface area contributed by atoms with Gasteiger partial charge < -0.3 is 10.0 Å². The molecule has 1 saturated carbocycles. The maximum atomic E-state index is 13.0. The number of hydrogen-bond donors (Lipinski definition) is 1. The van der Waals surface area contributed by atoms with Crippen LogP contribution in [0.15, 0.2) is 12.4 Å². The lowest BCUT2D eigenvalue weighted by atomic mass is 9.74. The average Bonchev–Trinajstić information content (AvgIpc) is 3.20. The van der Waals surface area contributed by atoms with Gasteiger partial charge in [0.15, 0.2) is 0 Å². The molecule has 1 aromatic rings. The number of nitrogens with zero attached hydrogens (tertiary/aromatic N) is 4. The lowest BCUT2D eigenvalue weighted by Crippen LogP contribution is -2.43. The zero-order chi connectivity index (χ0) is 16.4. The summed E-state index contributed by atoms with van der Waals surface area (Å²) in [5.74, 6) is 0.0732. The minimum atomic E-state index is -0.845. The average molecular weight is 316 g/mol. The molecule has 124 valence electrons. The largest absolute Gasteiger partial charge is 0.396 e. The van der Waals surface area contributed by atoms with Crippen LogP contribution in [0.2, 0.25) is 0 Å². The minimum Gasteiger partial charge on any atom is -0.396 e. The third-order valence-electron chi connectivity index (χ3n) is 5.45. The summed E-state index contributed by atoms with van der Waals surface area (Å²) in [5, 5.41) is 23.5. The van der Waals surface area contributed by atoms with Crippen LogP contribution in [0.3, 0.4) is 0 Å². The summed E-state index contributed by atoms with van der Waals surface area (Å²) in [6.07, 6.45) is 8.09. The molecule has 6 nitrogen and oxygen atoms in total. The molecule has 3 rings (SSSR count). The number of nitriles is 1. The summed E-state index contributed by atoms with van der Waals surface area (Å²) in [6.45, 7) is 1.14. The zero-order valence-electron chi connectivity index (χ0n) is 13.6. The highest BCUT2D eigenvalue weighted by Gasteiger charge is 2.46. The Labute approximate surface area is 136 Å². The SMILES string of the molecule is Cn1cc([C@@H]2CN(C(=O)C3(C#N)CCCCC3)C[C@H]2CO)cn1. The third-order valence-corrected chi connectivity index (χ3v) is 5.45. The predicted octanol–water partition coefficient (Wildman–Crippen LogP) is 1.43. The fourth-order valence-electron chi connectivity index (χ4n) is 4.06. The molecule has 1 aromatic heterocycles. The second kappa shape index (κ2) is 6.32. The summed E-state index contributed by atoms with van der Waals surface area (Å²) in [7, 11) is 1.86. The van der Waals surface area contributed by atoms with Crippen LogP contribution in [0.1, 0.15) is 43.6 Å². The second-order valence-corrected chi connectivity index (χ2v) is 6.96. The summed E-state index contributed by atoms with van der Waals surface area (Å²) >= 11 is 0. The second-order valence-electron chi connectivity index (χ2n) is 6.96. The number of carbonyl (C=O) groups is 1. The lowest BCUT2D eigenvalue weighted by Gasteiger charge is -2.33. The summed E-state index contributed by atoms with van der Waals surface area (Å²) in [4.78, 5) is 14.8. The molecule has 2 heterocycles. The van der Waals surface area contributed by atoms with Crippen LogP contribution >= 0.6 is 0 Å². The van der Waals surface area contributed by atoms with Gasteiger partial charge in [-0.1, -0.05) is 19.3 Å². The number of hydrogen-bond acceptors (Lipinski definition) is 4. The number of likely N-dealkylation sites (tertiary alicyclic amines) is 1. The molecule has 1 saturated heterocycles. The number of aryl methyl sites for hydroxylation is 1. The molecule has 2 fully saturated rings. The smallest absolute Gasteiger partial charge is 0.243 e. The molecule has 1 amide bonds. The van der Waals surface area contributed by atoms with Crippen molar-refractivity contribution in [3.8, 4) is 6.07 Å². The normalized spacial score (nSPS) is 26.9. The Morgan fingerprint density at radius 3 is 2.74 bits per heavy atom. The van der Waals surface area contributed by atoms with Gasteiger partial charge in [-0.25, -0.2) is 0 Å². The van der Waals surface area contributed by atoms with Crippen LogP contribution in [0, 0.1) is 22.7 Å². The van der Waals surface area contributed by atoms with Crippen LogP contribution in [0.4, 0.5) is 0 Å². The topological polar surface area (TPSA) is 82.2 Å². The monoisotopic (exact) mass is 316 g/mol. The predicted molar refractivity (Wildman–Crippen MR) is 84.2 cm³/mol. The van der Waals surface area contributed by atoms with Gasteiger partial charge in [0.2, 0.25) is 5.91 Å². The van der Waals surface area contributed by atoms with Gasteiger partial charge in [-0.15, -0.1) is 0 Å². The van der Waals surface area contributed by atoms with Crippen molar-refractivity contribution in [2.75, 3.05) is 19.7 Å². The molecule has 1 aliphatic carbocycles. The van der Waals surface area contributed by atoms with Crippen LogP contribution in [0.25, 0.3) is 0 Å². The van der Waals surface area contributed by atoms with E-state index in [1.165, 1.54) is 0 Å². The van der Waals surface area contributed by atoms with E-state index in [9.17, 15) is 15.2 Å². The van der Waals surface area contributed by atoms with Gasteiger partial charge in [-0.05, 0) is 18.4 Å². The number of aliphatic hydroxyl groups excluding tert-OH is 1. The highest BCUT2D eigenvalue weighted by molar-refractivity contribution is 5.86. The molecule has 0 bridgehead atoms. The van der Waals surface area contributed by atoms with Crippen molar-refractivity contribution in [3.05, 3.63) is 18.0 Å². The van der Waals surface area contributed by atoms with E-state index in [0.717, 1.165) is 24.8 Å². The summed E-state index contributed by atoms with van der Waals surface area (Å²) in [5.41, 5.74) is 0.207. The summed E-state index contributed by atoms with van der Waals surface area (Å²) < 4.78 is 1.74. The van der Waals surface area contributed by atoms with Crippen molar-refractivity contribution < 1.29 is 9.90 Å². The van der Waals surface area contributed by atoms with E-state index in [-0.39, 0.29) is 24.3 Å². The fraction of sp³-hybridized carbons (Fsp3) is 0.706. The molecular weight excluding hydrogens is 292 g/mol. The van der Waals surface area contributed by atoms with E-state index >= 15 is 0 Å². The van der Waals surface area contributed by atoms with Crippen LogP contribution in [0.5, 0.6) is 0 Å². The van der Waals surface area contributed by atoms with Crippen molar-refractivity contribution >= 4 is 5.91 Å². The van der Waals surface area contributed by atoms with E-state index < -0.39 is 5.41 Å². The van der Waals surface area contributed by atoms with Gasteiger partial charge in [0.05, 0.1) is 12.3 Å². The molecule has 0 spiro atoms. The molecular formula is C17H24N4O2. The standard InChI is InChI=1S/C17H24N4O2/c1-20-8-13(7-19-20)15-10-21(9-14(15)11-22)16(23)17(12-18)5-3-2-4-6-17/h7-8,14-15,22H,2-6,9-11H2,1H3/t14-,15-/m0/s1.